The SMILES string of the molecule is CC(=O)N(CCN1CCCCC1)C1CCCN(C(=O)c2ocnc2C)C1. The second kappa shape index (κ2) is 8.66. The van der Waals surface area contributed by atoms with Crippen LogP contribution in [0.3, 0.4) is 0 Å². The number of hydrogen-bond acceptors (Lipinski definition) is 5. The summed E-state index contributed by atoms with van der Waals surface area (Å²) in [5, 5.41) is 0. The Morgan fingerprint density at radius 3 is 2.65 bits per heavy atom. The number of carbonyl (C=O) groups is 2. The monoisotopic (exact) mass is 362 g/mol. The quantitative estimate of drug-likeness (QED) is 0.800. The maximum atomic E-state index is 12.7. The number of rotatable bonds is 5. The first kappa shape index (κ1) is 18.9. The number of piperidine rings is 2. The molecule has 1 aromatic heterocycles. The van der Waals surface area contributed by atoms with Crippen molar-refractivity contribution in [3.05, 3.63) is 17.8 Å². The molecule has 7 nitrogen and oxygen atoms in total. The van der Waals surface area contributed by atoms with E-state index in [0.29, 0.717) is 24.5 Å². The van der Waals surface area contributed by atoms with Gasteiger partial charge in [-0.15, -0.1) is 0 Å². The first-order valence-corrected chi connectivity index (χ1v) is 9.75. The molecule has 0 bridgehead atoms. The van der Waals surface area contributed by atoms with Gasteiger partial charge in [-0.2, -0.15) is 0 Å². The summed E-state index contributed by atoms with van der Waals surface area (Å²) >= 11 is 0. The van der Waals surface area contributed by atoms with Crippen molar-refractivity contribution in [3.8, 4) is 0 Å². The van der Waals surface area contributed by atoms with Gasteiger partial charge in [-0.05, 0) is 45.7 Å². The van der Waals surface area contributed by atoms with E-state index in [1.165, 1.54) is 25.7 Å². The molecular formula is C19H30N4O3. The van der Waals surface area contributed by atoms with Crippen molar-refractivity contribution in [1.82, 2.24) is 19.7 Å². The molecule has 3 heterocycles. The van der Waals surface area contributed by atoms with E-state index in [1.807, 2.05) is 4.90 Å². The van der Waals surface area contributed by atoms with E-state index in [0.717, 1.165) is 39.0 Å². The van der Waals surface area contributed by atoms with Crippen LogP contribution in [0.4, 0.5) is 0 Å². The van der Waals surface area contributed by atoms with E-state index < -0.39 is 0 Å². The molecule has 0 spiro atoms. The van der Waals surface area contributed by atoms with Gasteiger partial charge in [-0.3, -0.25) is 9.59 Å². The van der Waals surface area contributed by atoms with Gasteiger partial charge in [-0.25, -0.2) is 4.98 Å². The number of aryl methyl sites for hydroxylation is 1. The molecule has 2 aliphatic rings. The van der Waals surface area contributed by atoms with Crippen LogP contribution < -0.4 is 0 Å². The third-order valence-corrected chi connectivity index (χ3v) is 5.57. The molecule has 2 saturated heterocycles. The van der Waals surface area contributed by atoms with Crippen molar-refractivity contribution in [2.24, 2.45) is 0 Å². The standard InChI is InChI=1S/C19H30N4O3/c1-15-18(26-14-20-15)19(25)22-10-6-7-17(13-22)23(16(2)24)12-11-21-8-4-3-5-9-21/h14,17H,3-13H2,1-2H3. The van der Waals surface area contributed by atoms with Crippen LogP contribution in [0.25, 0.3) is 0 Å². The highest BCUT2D eigenvalue weighted by atomic mass is 16.3. The minimum Gasteiger partial charge on any atom is -0.438 e. The molecule has 0 radical (unpaired) electrons. The van der Waals surface area contributed by atoms with Crippen molar-refractivity contribution in [2.75, 3.05) is 39.3 Å². The summed E-state index contributed by atoms with van der Waals surface area (Å²) in [7, 11) is 0. The predicted molar refractivity (Wildman–Crippen MR) is 97.8 cm³/mol. The molecule has 0 N–H and O–H groups in total. The maximum absolute atomic E-state index is 12.7. The number of oxazole rings is 1. The minimum atomic E-state index is -0.121. The van der Waals surface area contributed by atoms with Gasteiger partial charge in [0.1, 0.15) is 0 Å². The highest BCUT2D eigenvalue weighted by Crippen LogP contribution is 2.20. The van der Waals surface area contributed by atoms with Crippen molar-refractivity contribution in [2.45, 2.75) is 52.0 Å². The molecule has 144 valence electrons. The Kier molecular flexibility index (Phi) is 6.29. The number of likely N-dealkylation sites (tertiary alicyclic amines) is 2. The van der Waals surface area contributed by atoms with Crippen molar-refractivity contribution in [3.63, 3.8) is 0 Å². The van der Waals surface area contributed by atoms with Crippen LogP contribution in [0.1, 0.15) is 55.3 Å². The lowest BCUT2D eigenvalue weighted by Crippen LogP contribution is -2.53. The Morgan fingerprint density at radius 1 is 1.23 bits per heavy atom. The van der Waals surface area contributed by atoms with Gasteiger partial charge < -0.3 is 19.1 Å². The molecule has 2 aliphatic heterocycles. The van der Waals surface area contributed by atoms with Crippen LogP contribution in [0, 0.1) is 6.92 Å². The minimum absolute atomic E-state index is 0.0817. The molecule has 1 atom stereocenters. The third-order valence-electron chi connectivity index (χ3n) is 5.57. The summed E-state index contributed by atoms with van der Waals surface area (Å²) in [6.45, 7) is 8.61. The summed E-state index contributed by atoms with van der Waals surface area (Å²) in [4.78, 5) is 35.2. The smallest absolute Gasteiger partial charge is 0.291 e. The predicted octanol–water partition coefficient (Wildman–Crippen LogP) is 1.92. The highest BCUT2D eigenvalue weighted by molar-refractivity contribution is 5.92. The Bertz CT molecular complexity index is 624. The van der Waals surface area contributed by atoms with Gasteiger partial charge in [0, 0.05) is 39.1 Å². The maximum Gasteiger partial charge on any atom is 0.291 e. The Hall–Kier alpha value is -1.89. The van der Waals surface area contributed by atoms with E-state index in [2.05, 4.69) is 9.88 Å². The Labute approximate surface area is 155 Å². The van der Waals surface area contributed by atoms with E-state index in [1.54, 1.807) is 18.7 Å². The van der Waals surface area contributed by atoms with Crippen molar-refractivity contribution < 1.29 is 14.0 Å². The van der Waals surface area contributed by atoms with Gasteiger partial charge in [-0.1, -0.05) is 6.42 Å². The largest absolute Gasteiger partial charge is 0.438 e. The average Bonchev–Trinajstić information content (AvgIpc) is 3.08. The first-order chi connectivity index (χ1) is 12.6. The summed E-state index contributed by atoms with van der Waals surface area (Å²) < 4.78 is 5.26. The van der Waals surface area contributed by atoms with Gasteiger partial charge in [0.2, 0.25) is 11.7 Å². The second-order valence-corrected chi connectivity index (χ2v) is 7.43. The number of nitrogens with zero attached hydrogens (tertiary/aromatic N) is 4. The van der Waals surface area contributed by atoms with Gasteiger partial charge in [0.25, 0.3) is 5.91 Å². The zero-order chi connectivity index (χ0) is 18.5. The van der Waals surface area contributed by atoms with Crippen molar-refractivity contribution in [1.29, 1.82) is 0 Å². The van der Waals surface area contributed by atoms with Gasteiger partial charge in [0.05, 0.1) is 5.69 Å². The van der Waals surface area contributed by atoms with Crippen LogP contribution in [-0.4, -0.2) is 76.8 Å². The zero-order valence-electron chi connectivity index (χ0n) is 15.9. The molecule has 0 aromatic carbocycles. The fraction of sp³-hybridized carbons (Fsp3) is 0.737. The van der Waals surface area contributed by atoms with E-state index in [4.69, 9.17) is 4.42 Å². The van der Waals surface area contributed by atoms with Crippen LogP contribution in [-0.2, 0) is 4.79 Å². The third kappa shape index (κ3) is 4.44. The Morgan fingerprint density at radius 2 is 2.00 bits per heavy atom. The molecule has 2 fully saturated rings. The van der Waals surface area contributed by atoms with E-state index in [9.17, 15) is 9.59 Å². The highest BCUT2D eigenvalue weighted by Gasteiger charge is 2.31. The van der Waals surface area contributed by atoms with E-state index in [-0.39, 0.29) is 17.9 Å². The van der Waals surface area contributed by atoms with Crippen molar-refractivity contribution >= 4 is 11.8 Å². The topological polar surface area (TPSA) is 69.9 Å². The molecule has 1 unspecified atom stereocenters. The molecular weight excluding hydrogens is 332 g/mol. The number of aromatic nitrogens is 1. The normalized spacial score (nSPS) is 21.6. The first-order valence-electron chi connectivity index (χ1n) is 9.75. The number of carbonyl (C=O) groups excluding carboxylic acids is 2. The summed E-state index contributed by atoms with van der Waals surface area (Å²) in [6, 6.07) is 0.0817. The second-order valence-electron chi connectivity index (χ2n) is 7.43. The summed E-state index contributed by atoms with van der Waals surface area (Å²) in [5.41, 5.74) is 0.616. The molecule has 26 heavy (non-hydrogen) atoms. The fourth-order valence-electron chi connectivity index (χ4n) is 4.07. The van der Waals surface area contributed by atoms with Crippen LogP contribution >= 0.6 is 0 Å². The summed E-state index contributed by atoms with van der Waals surface area (Å²) in [6.07, 6.45) is 6.97. The lowest BCUT2D eigenvalue weighted by atomic mass is 10.0. The van der Waals surface area contributed by atoms with Crippen LogP contribution in [0.5, 0.6) is 0 Å². The summed E-state index contributed by atoms with van der Waals surface area (Å²) in [5.74, 6) is 0.287. The van der Waals surface area contributed by atoms with Crippen LogP contribution in [0.2, 0.25) is 0 Å². The lowest BCUT2D eigenvalue weighted by Gasteiger charge is -2.40. The molecule has 0 saturated carbocycles. The average molecular weight is 362 g/mol. The van der Waals surface area contributed by atoms with Crippen LogP contribution in [0.15, 0.2) is 10.8 Å². The molecule has 3 rings (SSSR count). The number of amides is 2. The molecule has 1 aromatic rings. The van der Waals surface area contributed by atoms with Gasteiger partial charge >= 0.3 is 0 Å². The van der Waals surface area contributed by atoms with Gasteiger partial charge in [0.15, 0.2) is 6.39 Å². The molecule has 0 aliphatic carbocycles. The lowest BCUT2D eigenvalue weighted by molar-refractivity contribution is -0.132. The fourth-order valence-corrected chi connectivity index (χ4v) is 4.07. The molecule has 2 amide bonds. The zero-order valence-corrected chi connectivity index (χ0v) is 15.9. The number of hydrogen-bond donors (Lipinski definition) is 0. The molecule has 7 heteroatoms. The van der Waals surface area contributed by atoms with E-state index >= 15 is 0 Å². The Balaban J connectivity index is 1.60.